The third-order valence-corrected chi connectivity index (χ3v) is 2.47. The first kappa shape index (κ1) is 16.9. The van der Waals surface area contributed by atoms with Crippen LogP contribution in [0, 0.1) is 5.92 Å². The molecule has 0 fully saturated rings. The van der Waals surface area contributed by atoms with Gasteiger partial charge in [0, 0.05) is 25.4 Å². The van der Waals surface area contributed by atoms with Crippen molar-refractivity contribution < 1.29 is 9.59 Å². The molecule has 4 heteroatoms. The molecular weight excluding hydrogens is 228 g/mol. The van der Waals surface area contributed by atoms with Crippen molar-refractivity contribution in [3.05, 3.63) is 0 Å². The van der Waals surface area contributed by atoms with E-state index >= 15 is 0 Å². The van der Waals surface area contributed by atoms with Crippen LogP contribution in [0.5, 0.6) is 0 Å². The van der Waals surface area contributed by atoms with Crippen LogP contribution >= 0.6 is 0 Å². The molecule has 0 radical (unpaired) electrons. The molecule has 0 aliphatic rings. The van der Waals surface area contributed by atoms with E-state index in [1.165, 1.54) is 0 Å². The van der Waals surface area contributed by atoms with E-state index in [2.05, 4.69) is 24.5 Å². The summed E-state index contributed by atoms with van der Waals surface area (Å²) < 4.78 is 0. The molecule has 18 heavy (non-hydrogen) atoms. The molecule has 0 bridgehead atoms. The van der Waals surface area contributed by atoms with Crippen LogP contribution in [0.1, 0.15) is 59.8 Å². The Hall–Kier alpha value is -1.06. The Morgan fingerprint density at radius 1 is 1.00 bits per heavy atom. The van der Waals surface area contributed by atoms with Crippen molar-refractivity contribution in [3.8, 4) is 0 Å². The summed E-state index contributed by atoms with van der Waals surface area (Å²) in [5.74, 6) is 0.814. The van der Waals surface area contributed by atoms with Gasteiger partial charge in [0.15, 0.2) is 0 Å². The number of urea groups is 1. The van der Waals surface area contributed by atoms with E-state index in [4.69, 9.17) is 0 Å². The number of hydrogen-bond donors (Lipinski definition) is 2. The van der Waals surface area contributed by atoms with Gasteiger partial charge in [0.25, 0.3) is 0 Å². The number of nitrogens with one attached hydrogen (secondary N) is 2. The molecule has 0 aromatic heterocycles. The smallest absolute Gasteiger partial charge is 0.314 e. The first-order valence-electron chi connectivity index (χ1n) is 6.98. The fourth-order valence-electron chi connectivity index (χ4n) is 1.70. The minimum atomic E-state index is -0.110. The maximum atomic E-state index is 11.4. The third kappa shape index (κ3) is 11.4. The number of ketones is 1. The first-order chi connectivity index (χ1) is 8.41. The van der Waals surface area contributed by atoms with E-state index in [0.29, 0.717) is 31.1 Å². The number of amides is 2. The van der Waals surface area contributed by atoms with E-state index in [1.807, 2.05) is 13.8 Å². The second kappa shape index (κ2) is 9.92. The van der Waals surface area contributed by atoms with Gasteiger partial charge < -0.3 is 10.6 Å². The van der Waals surface area contributed by atoms with Gasteiger partial charge in [-0.3, -0.25) is 4.79 Å². The summed E-state index contributed by atoms with van der Waals surface area (Å²) in [6.07, 6.45) is 4.22. The van der Waals surface area contributed by atoms with Crippen LogP contribution in [0.25, 0.3) is 0 Å². The largest absolute Gasteiger partial charge is 0.338 e. The molecule has 0 aliphatic carbocycles. The predicted octanol–water partition coefficient (Wildman–Crippen LogP) is 2.87. The van der Waals surface area contributed by atoms with Crippen LogP contribution in [0.15, 0.2) is 0 Å². The van der Waals surface area contributed by atoms with Gasteiger partial charge in [0.05, 0.1) is 0 Å². The van der Waals surface area contributed by atoms with Gasteiger partial charge in [-0.2, -0.15) is 0 Å². The topological polar surface area (TPSA) is 58.2 Å². The van der Waals surface area contributed by atoms with Crippen LogP contribution < -0.4 is 10.6 Å². The molecule has 0 aliphatic heterocycles. The Bertz CT molecular complexity index is 224. The van der Waals surface area contributed by atoms with Gasteiger partial charge in [-0.05, 0) is 32.6 Å². The van der Waals surface area contributed by atoms with Crippen LogP contribution in [-0.4, -0.2) is 24.4 Å². The van der Waals surface area contributed by atoms with Crippen molar-refractivity contribution in [2.45, 2.75) is 65.8 Å². The second-order valence-corrected chi connectivity index (χ2v) is 5.50. The highest BCUT2D eigenvalue weighted by Gasteiger charge is 2.05. The van der Waals surface area contributed by atoms with Gasteiger partial charge in [-0.15, -0.1) is 0 Å². The number of rotatable bonds is 9. The van der Waals surface area contributed by atoms with E-state index in [1.54, 1.807) is 0 Å². The molecule has 0 heterocycles. The zero-order valence-corrected chi connectivity index (χ0v) is 12.2. The minimum Gasteiger partial charge on any atom is -0.338 e. The van der Waals surface area contributed by atoms with Crippen LogP contribution in [0.4, 0.5) is 4.79 Å². The molecule has 0 rings (SSSR count). The standard InChI is InChI=1S/C14H28N2O2/c1-11(2)10-13(17)8-6-5-7-9-15-14(18)16-12(3)4/h11-12H,5-10H2,1-4H3,(H2,15,16,18). The molecule has 4 nitrogen and oxygen atoms in total. The fraction of sp³-hybridized carbons (Fsp3) is 0.857. The highest BCUT2D eigenvalue weighted by Crippen LogP contribution is 2.07. The molecule has 0 aromatic rings. The van der Waals surface area contributed by atoms with Crippen LogP contribution in [-0.2, 0) is 4.79 Å². The Morgan fingerprint density at radius 3 is 2.22 bits per heavy atom. The maximum Gasteiger partial charge on any atom is 0.314 e. The average molecular weight is 256 g/mol. The molecule has 0 spiro atoms. The normalized spacial score (nSPS) is 10.8. The molecule has 2 amide bonds. The number of Topliss-reactive ketones (excluding diaryl/α,β-unsaturated/α-hetero) is 1. The number of carbonyl (C=O) groups is 2. The second-order valence-electron chi connectivity index (χ2n) is 5.50. The molecule has 2 N–H and O–H groups in total. The Kier molecular flexibility index (Phi) is 9.33. The average Bonchev–Trinajstić information content (AvgIpc) is 2.20. The van der Waals surface area contributed by atoms with Crippen molar-refractivity contribution in [2.75, 3.05) is 6.54 Å². The van der Waals surface area contributed by atoms with E-state index in [-0.39, 0.29) is 12.1 Å². The zero-order chi connectivity index (χ0) is 14.0. The molecule has 0 saturated carbocycles. The van der Waals surface area contributed by atoms with E-state index < -0.39 is 0 Å². The van der Waals surface area contributed by atoms with Crippen molar-refractivity contribution in [3.63, 3.8) is 0 Å². The van der Waals surface area contributed by atoms with E-state index in [9.17, 15) is 9.59 Å². The number of carbonyl (C=O) groups excluding carboxylic acids is 2. The zero-order valence-electron chi connectivity index (χ0n) is 12.2. The molecule has 0 saturated heterocycles. The highest BCUT2D eigenvalue weighted by molar-refractivity contribution is 5.78. The predicted molar refractivity (Wildman–Crippen MR) is 74.6 cm³/mol. The molecular formula is C14H28N2O2. The summed E-state index contributed by atoms with van der Waals surface area (Å²) in [4.78, 5) is 22.7. The van der Waals surface area contributed by atoms with Crippen molar-refractivity contribution in [1.29, 1.82) is 0 Å². The highest BCUT2D eigenvalue weighted by atomic mass is 16.2. The summed E-state index contributed by atoms with van der Waals surface area (Å²) in [5, 5.41) is 5.57. The summed E-state index contributed by atoms with van der Waals surface area (Å²) in [6, 6.07) is 0.0551. The molecule has 0 unspecified atom stereocenters. The lowest BCUT2D eigenvalue weighted by Crippen LogP contribution is -2.39. The van der Waals surface area contributed by atoms with Gasteiger partial charge in [-0.1, -0.05) is 20.3 Å². The van der Waals surface area contributed by atoms with Gasteiger partial charge in [0.2, 0.25) is 0 Å². The monoisotopic (exact) mass is 256 g/mol. The van der Waals surface area contributed by atoms with Crippen LogP contribution in [0.2, 0.25) is 0 Å². The van der Waals surface area contributed by atoms with Gasteiger partial charge in [0.1, 0.15) is 5.78 Å². The Morgan fingerprint density at radius 2 is 1.67 bits per heavy atom. The lowest BCUT2D eigenvalue weighted by Gasteiger charge is -2.09. The summed E-state index contributed by atoms with van der Waals surface area (Å²) in [6.45, 7) is 8.67. The molecule has 106 valence electrons. The first-order valence-corrected chi connectivity index (χ1v) is 6.98. The molecule has 0 atom stereocenters. The summed E-state index contributed by atoms with van der Waals surface area (Å²) in [5.41, 5.74) is 0. The Labute approximate surface area is 111 Å². The minimum absolute atomic E-state index is 0.110. The van der Waals surface area contributed by atoms with Crippen molar-refractivity contribution in [2.24, 2.45) is 5.92 Å². The summed E-state index contributed by atoms with van der Waals surface area (Å²) >= 11 is 0. The van der Waals surface area contributed by atoms with Gasteiger partial charge >= 0.3 is 6.03 Å². The lowest BCUT2D eigenvalue weighted by molar-refractivity contribution is -0.119. The van der Waals surface area contributed by atoms with E-state index in [0.717, 1.165) is 19.3 Å². The van der Waals surface area contributed by atoms with Crippen molar-refractivity contribution in [1.82, 2.24) is 10.6 Å². The number of unbranched alkanes of at least 4 members (excludes halogenated alkanes) is 2. The quantitative estimate of drug-likeness (QED) is 0.623. The maximum absolute atomic E-state index is 11.4. The Balaban J connectivity index is 3.36. The SMILES string of the molecule is CC(C)CC(=O)CCCCCNC(=O)NC(C)C. The van der Waals surface area contributed by atoms with Crippen molar-refractivity contribution >= 4 is 11.8 Å². The van der Waals surface area contributed by atoms with Gasteiger partial charge in [-0.25, -0.2) is 4.79 Å². The lowest BCUT2D eigenvalue weighted by atomic mass is 10.0. The van der Waals surface area contributed by atoms with Crippen LogP contribution in [0.3, 0.4) is 0 Å². The number of hydrogen-bond acceptors (Lipinski definition) is 2. The fourth-order valence-corrected chi connectivity index (χ4v) is 1.70. The molecule has 0 aromatic carbocycles. The summed E-state index contributed by atoms with van der Waals surface area (Å²) in [7, 11) is 0. The third-order valence-electron chi connectivity index (χ3n) is 2.47.